The van der Waals surface area contributed by atoms with Crippen molar-refractivity contribution < 1.29 is 18.0 Å². The van der Waals surface area contributed by atoms with E-state index in [1.54, 1.807) is 11.7 Å². The highest BCUT2D eigenvalue weighted by Gasteiger charge is 2.16. The zero-order valence-corrected chi connectivity index (χ0v) is 19.4. The summed E-state index contributed by atoms with van der Waals surface area (Å²) >= 11 is 7.18. The molecule has 1 N–H and O–H groups in total. The van der Waals surface area contributed by atoms with Gasteiger partial charge in [0, 0.05) is 25.9 Å². The molecule has 0 saturated heterocycles. The van der Waals surface area contributed by atoms with Crippen LogP contribution in [-0.4, -0.2) is 45.7 Å². The lowest BCUT2D eigenvalue weighted by Crippen LogP contribution is -2.26. The van der Waals surface area contributed by atoms with Crippen LogP contribution < -0.4 is 10.9 Å². The maximum atomic E-state index is 13.8. The molecule has 174 valence electrons. The van der Waals surface area contributed by atoms with Gasteiger partial charge in [0.15, 0.2) is 5.82 Å². The van der Waals surface area contributed by atoms with Gasteiger partial charge in [-0.3, -0.25) is 14.3 Å². The first-order chi connectivity index (χ1) is 15.5. The van der Waals surface area contributed by atoms with E-state index >= 15 is 0 Å². The highest BCUT2D eigenvalue weighted by atomic mass is 35.5. The van der Waals surface area contributed by atoms with Crippen molar-refractivity contribution in [2.45, 2.75) is 19.5 Å². The number of carbonyl (C=O) groups excluding carboxylic acids is 1. The molecule has 3 aromatic rings. The summed E-state index contributed by atoms with van der Waals surface area (Å²) in [6.07, 6.45) is -1.90. The van der Waals surface area contributed by atoms with Crippen LogP contribution in [0.1, 0.15) is 26.6 Å². The second-order valence-electron chi connectivity index (χ2n) is 7.31. The Morgan fingerprint density at radius 3 is 2.70 bits per heavy atom. The molecule has 0 atom stereocenters. The molecular formula is C21H19ClF3N5O2S. The van der Waals surface area contributed by atoms with Gasteiger partial charge in [0.25, 0.3) is 17.9 Å². The van der Waals surface area contributed by atoms with Crippen molar-refractivity contribution >= 4 is 34.5 Å². The summed E-state index contributed by atoms with van der Waals surface area (Å²) in [5.41, 5.74) is 0.587. The number of anilines is 1. The van der Waals surface area contributed by atoms with Crippen molar-refractivity contribution in [3.63, 3.8) is 0 Å². The summed E-state index contributed by atoms with van der Waals surface area (Å²) in [5, 5.41) is 6.77. The fourth-order valence-electron chi connectivity index (χ4n) is 2.89. The summed E-state index contributed by atoms with van der Waals surface area (Å²) in [6, 6.07) is 4.09. The Balaban J connectivity index is 1.79. The van der Waals surface area contributed by atoms with Gasteiger partial charge in [0.1, 0.15) is 10.0 Å². The van der Waals surface area contributed by atoms with Crippen LogP contribution in [0.2, 0.25) is 4.34 Å². The smallest absolute Gasteiger partial charge is 0.286 e. The van der Waals surface area contributed by atoms with E-state index in [1.807, 2.05) is 25.1 Å². The number of hydrogen-bond acceptors (Lipinski definition) is 5. The maximum Gasteiger partial charge on any atom is 0.286 e. The molecule has 0 unspecified atom stereocenters. The van der Waals surface area contributed by atoms with Gasteiger partial charge in [-0.2, -0.15) is 5.10 Å². The number of amides is 1. The van der Waals surface area contributed by atoms with Crippen LogP contribution >= 0.6 is 22.9 Å². The van der Waals surface area contributed by atoms with E-state index in [0.717, 1.165) is 29.3 Å². The number of carbonyl (C=O) groups is 1. The number of aromatic nitrogens is 3. The van der Waals surface area contributed by atoms with Gasteiger partial charge in [-0.05, 0) is 32.1 Å². The minimum atomic E-state index is -2.86. The molecular weight excluding hydrogens is 479 g/mol. The van der Waals surface area contributed by atoms with Crippen LogP contribution in [0.15, 0.2) is 29.2 Å². The molecule has 0 aliphatic rings. The Morgan fingerprint density at radius 1 is 1.30 bits per heavy atom. The van der Waals surface area contributed by atoms with E-state index in [4.69, 9.17) is 11.6 Å². The largest absolute Gasteiger partial charge is 0.320 e. The maximum absolute atomic E-state index is 13.8. The van der Waals surface area contributed by atoms with Gasteiger partial charge in [0.05, 0.1) is 28.4 Å². The summed E-state index contributed by atoms with van der Waals surface area (Å²) in [5.74, 6) is 3.97. The Hall–Kier alpha value is -3.07. The first-order valence-corrected chi connectivity index (χ1v) is 10.7. The molecule has 0 saturated carbocycles. The number of nitrogens with one attached hydrogen (secondary N) is 1. The third-order valence-corrected chi connectivity index (χ3v) is 5.64. The van der Waals surface area contributed by atoms with E-state index in [9.17, 15) is 22.8 Å². The molecule has 12 heteroatoms. The van der Waals surface area contributed by atoms with Gasteiger partial charge in [0.2, 0.25) is 0 Å². The summed E-state index contributed by atoms with van der Waals surface area (Å²) in [7, 11) is 5.63. The highest BCUT2D eigenvalue weighted by molar-refractivity contribution is 7.18. The molecule has 0 fully saturated rings. The number of hydrogen-bond donors (Lipinski definition) is 1. The quantitative estimate of drug-likeness (QED) is 0.530. The highest BCUT2D eigenvalue weighted by Crippen LogP contribution is 2.28. The number of halogens is 4. The second kappa shape index (κ2) is 10.2. The molecule has 3 rings (SSSR count). The molecule has 7 nitrogen and oxygen atoms in total. The van der Waals surface area contributed by atoms with Crippen LogP contribution in [0.5, 0.6) is 0 Å². The van der Waals surface area contributed by atoms with E-state index in [0.29, 0.717) is 22.4 Å². The van der Waals surface area contributed by atoms with Crippen molar-refractivity contribution in [2.24, 2.45) is 7.05 Å². The van der Waals surface area contributed by atoms with Gasteiger partial charge in [-0.25, -0.2) is 13.2 Å². The van der Waals surface area contributed by atoms with Gasteiger partial charge in [-0.15, -0.1) is 11.3 Å². The summed E-state index contributed by atoms with van der Waals surface area (Å²) in [6.45, 7) is -0.335. The van der Waals surface area contributed by atoms with E-state index in [-0.39, 0.29) is 14.9 Å². The lowest BCUT2D eigenvalue weighted by molar-refractivity contribution is 0.103. The minimum absolute atomic E-state index is 0.141. The average molecular weight is 498 g/mol. The zero-order valence-electron chi connectivity index (χ0n) is 17.8. The second-order valence-corrected chi connectivity index (χ2v) is 8.96. The van der Waals surface area contributed by atoms with Crippen molar-refractivity contribution in [1.29, 1.82) is 0 Å². The molecule has 0 aromatic carbocycles. The first-order valence-electron chi connectivity index (χ1n) is 9.52. The van der Waals surface area contributed by atoms with Crippen LogP contribution in [0.4, 0.5) is 18.9 Å². The fourth-order valence-corrected chi connectivity index (χ4v) is 3.97. The van der Waals surface area contributed by atoms with Gasteiger partial charge >= 0.3 is 0 Å². The summed E-state index contributed by atoms with van der Waals surface area (Å²) in [4.78, 5) is 26.3. The molecule has 0 spiro atoms. The van der Waals surface area contributed by atoms with Crippen LogP contribution in [0.25, 0.3) is 0 Å². The Labute approximate surface area is 196 Å². The van der Waals surface area contributed by atoms with Crippen LogP contribution in [0.3, 0.4) is 0 Å². The van der Waals surface area contributed by atoms with Crippen LogP contribution in [0, 0.1) is 17.7 Å². The molecule has 1 amide bonds. The third kappa shape index (κ3) is 6.25. The monoisotopic (exact) mass is 497 g/mol. The number of thiophene rings is 1. The molecule has 3 heterocycles. The van der Waals surface area contributed by atoms with Gasteiger partial charge in [-0.1, -0.05) is 17.5 Å². The molecule has 33 heavy (non-hydrogen) atoms. The predicted molar refractivity (Wildman–Crippen MR) is 121 cm³/mol. The summed E-state index contributed by atoms with van der Waals surface area (Å²) < 4.78 is 41.4. The molecule has 0 aliphatic heterocycles. The number of aryl methyl sites for hydroxylation is 1. The van der Waals surface area contributed by atoms with E-state index in [2.05, 4.69) is 22.3 Å². The normalized spacial score (nSPS) is 11.1. The van der Waals surface area contributed by atoms with Gasteiger partial charge < -0.3 is 14.8 Å². The molecule has 0 radical (unpaired) electrons. The van der Waals surface area contributed by atoms with Crippen molar-refractivity contribution in [1.82, 2.24) is 19.2 Å². The molecule has 0 bridgehead atoms. The number of rotatable bonds is 6. The SMILES string of the molecule is CN(C)Cc1cc(C#Cc2cc(C(=O)Nc3cc(F)c(=O)n(CC(F)F)c3)sc2Cl)n(C)n1. The van der Waals surface area contributed by atoms with Crippen molar-refractivity contribution in [3.8, 4) is 11.8 Å². The number of nitrogens with zero attached hydrogens (tertiary/aromatic N) is 4. The number of pyridine rings is 1. The molecule has 0 aliphatic carbocycles. The van der Waals surface area contributed by atoms with Crippen LogP contribution in [-0.2, 0) is 20.1 Å². The fraction of sp³-hybridized carbons (Fsp3) is 0.286. The number of alkyl halides is 2. The zero-order chi connectivity index (χ0) is 24.3. The topological polar surface area (TPSA) is 72.2 Å². The molecule has 3 aromatic heterocycles. The Morgan fingerprint density at radius 2 is 2.03 bits per heavy atom. The minimum Gasteiger partial charge on any atom is -0.320 e. The Bertz CT molecular complexity index is 1300. The Kier molecular flexibility index (Phi) is 7.63. The van der Waals surface area contributed by atoms with Crippen molar-refractivity contribution in [2.75, 3.05) is 19.4 Å². The first kappa shape index (κ1) is 24.6. The van der Waals surface area contributed by atoms with E-state index in [1.165, 1.54) is 6.07 Å². The lowest BCUT2D eigenvalue weighted by Gasteiger charge is -2.09. The third-order valence-electron chi connectivity index (χ3n) is 4.28. The average Bonchev–Trinajstić information content (AvgIpc) is 3.25. The standard InChI is InChI=1S/C21H19ClF3N5O2S/c1-28(2)9-14-7-15(29(3)27-14)5-4-12-6-17(33-19(12)22)20(31)26-13-8-16(23)21(32)30(10-13)11-18(24)25/h6-8,10,18H,9,11H2,1-3H3,(H,26,31). The predicted octanol–water partition coefficient (Wildman–Crippen LogP) is 3.41. The lowest BCUT2D eigenvalue weighted by atomic mass is 10.2. The van der Waals surface area contributed by atoms with Crippen molar-refractivity contribution in [3.05, 3.63) is 66.7 Å². The van der Waals surface area contributed by atoms with E-state index < -0.39 is 30.3 Å².